The van der Waals surface area contributed by atoms with Gasteiger partial charge in [-0.2, -0.15) is 0 Å². The van der Waals surface area contributed by atoms with Crippen LogP contribution in [0.1, 0.15) is 0 Å². The molecule has 0 fully saturated rings. The Hall–Kier alpha value is -1.52. The molecule has 17 heavy (non-hydrogen) atoms. The maximum atomic E-state index is 5.97. The van der Waals surface area contributed by atoms with Crippen LogP contribution in [0.2, 0.25) is 0 Å². The predicted molar refractivity (Wildman–Crippen MR) is 69.0 cm³/mol. The summed E-state index contributed by atoms with van der Waals surface area (Å²) in [5.41, 5.74) is 7.87. The minimum Gasteiger partial charge on any atom is -0.397 e. The number of nitrogen functional groups attached to an aromatic ring is 1. The van der Waals surface area contributed by atoms with Crippen molar-refractivity contribution in [3.05, 3.63) is 30.5 Å². The van der Waals surface area contributed by atoms with Crippen LogP contribution in [0.25, 0.3) is 10.9 Å². The number of para-hydroxylation sites is 1. The van der Waals surface area contributed by atoms with Crippen molar-refractivity contribution in [3.8, 4) is 0 Å². The highest BCUT2D eigenvalue weighted by molar-refractivity contribution is 5.90. The molecule has 0 bridgehead atoms. The number of benzene rings is 1. The Morgan fingerprint density at radius 2 is 2.06 bits per heavy atom. The van der Waals surface area contributed by atoms with E-state index in [0.717, 1.165) is 17.7 Å². The first-order valence-corrected chi connectivity index (χ1v) is 5.73. The second-order valence-corrected chi connectivity index (χ2v) is 3.90. The standard InChI is InChI=1S/C13H18N2O2/c1-16-9-10-17-8-7-15-6-5-11-3-2-4-12(14)13(11)15/h2-6H,7-10,14H2,1H3. The summed E-state index contributed by atoms with van der Waals surface area (Å²) in [5.74, 6) is 0. The molecular formula is C13H18N2O2. The molecule has 0 amide bonds. The zero-order chi connectivity index (χ0) is 12.1. The molecule has 0 aliphatic heterocycles. The lowest BCUT2D eigenvalue weighted by atomic mass is 10.2. The van der Waals surface area contributed by atoms with Crippen LogP contribution in [-0.2, 0) is 16.0 Å². The van der Waals surface area contributed by atoms with Crippen LogP contribution in [0.3, 0.4) is 0 Å². The zero-order valence-electron chi connectivity index (χ0n) is 10.1. The normalized spacial score (nSPS) is 11.1. The van der Waals surface area contributed by atoms with Gasteiger partial charge in [0.25, 0.3) is 0 Å². The number of hydrogen-bond acceptors (Lipinski definition) is 3. The van der Waals surface area contributed by atoms with Gasteiger partial charge in [0.05, 0.1) is 31.0 Å². The lowest BCUT2D eigenvalue weighted by Gasteiger charge is -2.08. The van der Waals surface area contributed by atoms with E-state index >= 15 is 0 Å². The van der Waals surface area contributed by atoms with E-state index in [1.807, 2.05) is 18.3 Å². The number of aromatic nitrogens is 1. The van der Waals surface area contributed by atoms with Crippen molar-refractivity contribution in [2.75, 3.05) is 32.7 Å². The van der Waals surface area contributed by atoms with Gasteiger partial charge in [-0.25, -0.2) is 0 Å². The second kappa shape index (κ2) is 5.70. The summed E-state index contributed by atoms with van der Waals surface area (Å²) >= 11 is 0. The monoisotopic (exact) mass is 234 g/mol. The van der Waals surface area contributed by atoms with E-state index in [2.05, 4.69) is 16.7 Å². The molecule has 1 heterocycles. The summed E-state index contributed by atoms with van der Waals surface area (Å²) in [5, 5.41) is 1.17. The Morgan fingerprint density at radius 1 is 1.18 bits per heavy atom. The zero-order valence-corrected chi connectivity index (χ0v) is 10.1. The van der Waals surface area contributed by atoms with Crippen LogP contribution in [0.4, 0.5) is 5.69 Å². The van der Waals surface area contributed by atoms with Crippen LogP contribution < -0.4 is 5.73 Å². The molecule has 4 nitrogen and oxygen atoms in total. The molecule has 0 atom stereocenters. The van der Waals surface area contributed by atoms with Crippen molar-refractivity contribution < 1.29 is 9.47 Å². The average molecular weight is 234 g/mol. The molecule has 0 aliphatic rings. The van der Waals surface area contributed by atoms with E-state index in [1.165, 1.54) is 5.39 Å². The summed E-state index contributed by atoms with van der Waals surface area (Å²) in [6.07, 6.45) is 2.04. The maximum absolute atomic E-state index is 5.97. The van der Waals surface area contributed by atoms with Gasteiger partial charge in [-0.3, -0.25) is 0 Å². The third-order valence-corrected chi connectivity index (χ3v) is 2.73. The molecule has 0 saturated carbocycles. The van der Waals surface area contributed by atoms with Crippen molar-refractivity contribution in [1.29, 1.82) is 0 Å². The molecule has 92 valence electrons. The van der Waals surface area contributed by atoms with Gasteiger partial charge in [0.1, 0.15) is 0 Å². The summed E-state index contributed by atoms with van der Waals surface area (Å²) in [4.78, 5) is 0. The van der Waals surface area contributed by atoms with Gasteiger partial charge >= 0.3 is 0 Å². The molecule has 4 heteroatoms. The van der Waals surface area contributed by atoms with Crippen LogP contribution in [0.5, 0.6) is 0 Å². The highest BCUT2D eigenvalue weighted by Gasteiger charge is 2.03. The number of rotatable bonds is 6. The maximum Gasteiger partial charge on any atom is 0.0714 e. The van der Waals surface area contributed by atoms with Gasteiger partial charge in [0.15, 0.2) is 0 Å². The van der Waals surface area contributed by atoms with Crippen molar-refractivity contribution >= 4 is 16.6 Å². The van der Waals surface area contributed by atoms with Crippen LogP contribution >= 0.6 is 0 Å². The average Bonchev–Trinajstić information content (AvgIpc) is 2.74. The van der Waals surface area contributed by atoms with Crippen LogP contribution in [0.15, 0.2) is 30.5 Å². The lowest BCUT2D eigenvalue weighted by Crippen LogP contribution is -2.09. The molecule has 0 unspecified atom stereocenters. The number of methoxy groups -OCH3 is 1. The fourth-order valence-electron chi connectivity index (χ4n) is 1.88. The Morgan fingerprint density at radius 3 is 2.88 bits per heavy atom. The SMILES string of the molecule is COCCOCCn1ccc2cccc(N)c21. The number of ether oxygens (including phenoxy) is 2. The Bertz CT molecular complexity index is 479. The molecule has 2 aromatic rings. The summed E-state index contributed by atoms with van der Waals surface area (Å²) in [6, 6.07) is 8.02. The third-order valence-electron chi connectivity index (χ3n) is 2.73. The van der Waals surface area contributed by atoms with Crippen LogP contribution in [0, 0.1) is 0 Å². The van der Waals surface area contributed by atoms with Crippen molar-refractivity contribution in [1.82, 2.24) is 4.57 Å². The second-order valence-electron chi connectivity index (χ2n) is 3.90. The quantitative estimate of drug-likeness (QED) is 0.613. The van der Waals surface area contributed by atoms with E-state index in [0.29, 0.717) is 19.8 Å². The van der Waals surface area contributed by atoms with E-state index in [4.69, 9.17) is 15.2 Å². The highest BCUT2D eigenvalue weighted by Crippen LogP contribution is 2.21. The molecule has 2 rings (SSSR count). The number of hydrogen-bond donors (Lipinski definition) is 1. The van der Waals surface area contributed by atoms with E-state index < -0.39 is 0 Å². The third kappa shape index (κ3) is 2.78. The minimum atomic E-state index is 0.630. The molecule has 0 saturated heterocycles. The predicted octanol–water partition coefficient (Wildman–Crippen LogP) is 1.89. The van der Waals surface area contributed by atoms with Gasteiger partial charge < -0.3 is 19.8 Å². The Balaban J connectivity index is 1.99. The smallest absolute Gasteiger partial charge is 0.0714 e. The van der Waals surface area contributed by atoms with Crippen molar-refractivity contribution in [2.24, 2.45) is 0 Å². The first-order valence-electron chi connectivity index (χ1n) is 5.73. The number of fused-ring (bicyclic) bond motifs is 1. The van der Waals surface area contributed by atoms with Gasteiger partial charge in [0.2, 0.25) is 0 Å². The molecule has 2 N–H and O–H groups in total. The number of nitrogens with zero attached hydrogens (tertiary/aromatic N) is 1. The summed E-state index contributed by atoms with van der Waals surface area (Å²) in [6.45, 7) is 2.74. The number of nitrogens with two attached hydrogens (primary N) is 1. The molecule has 0 spiro atoms. The van der Waals surface area contributed by atoms with Crippen molar-refractivity contribution in [3.63, 3.8) is 0 Å². The molecule has 1 aromatic carbocycles. The fraction of sp³-hybridized carbons (Fsp3) is 0.385. The van der Waals surface area contributed by atoms with Gasteiger partial charge in [-0.1, -0.05) is 12.1 Å². The summed E-state index contributed by atoms with van der Waals surface area (Å²) in [7, 11) is 1.67. The van der Waals surface area contributed by atoms with E-state index in [9.17, 15) is 0 Å². The molecular weight excluding hydrogens is 216 g/mol. The fourth-order valence-corrected chi connectivity index (χ4v) is 1.88. The van der Waals surface area contributed by atoms with Gasteiger partial charge in [-0.05, 0) is 12.1 Å². The van der Waals surface area contributed by atoms with E-state index in [1.54, 1.807) is 7.11 Å². The molecule has 1 aromatic heterocycles. The minimum absolute atomic E-state index is 0.630. The Kier molecular flexibility index (Phi) is 4.01. The first kappa shape index (κ1) is 12.0. The van der Waals surface area contributed by atoms with Gasteiger partial charge in [-0.15, -0.1) is 0 Å². The summed E-state index contributed by atoms with van der Waals surface area (Å²) < 4.78 is 12.5. The highest BCUT2D eigenvalue weighted by atomic mass is 16.5. The molecule has 0 aliphatic carbocycles. The van der Waals surface area contributed by atoms with Gasteiger partial charge in [0, 0.05) is 25.2 Å². The first-order chi connectivity index (χ1) is 8.33. The molecule has 0 radical (unpaired) electrons. The lowest BCUT2D eigenvalue weighted by molar-refractivity contribution is 0.0670. The van der Waals surface area contributed by atoms with Crippen LogP contribution in [-0.4, -0.2) is 31.5 Å². The number of anilines is 1. The largest absolute Gasteiger partial charge is 0.397 e. The van der Waals surface area contributed by atoms with E-state index in [-0.39, 0.29) is 0 Å². The Labute approximate surface area is 101 Å². The topological polar surface area (TPSA) is 49.4 Å². The van der Waals surface area contributed by atoms with Crippen molar-refractivity contribution in [2.45, 2.75) is 6.54 Å².